The number of carbonyl (C=O) groups is 3. The van der Waals surface area contributed by atoms with E-state index in [1.165, 1.54) is 26.4 Å². The first-order valence-corrected chi connectivity index (χ1v) is 7.65. The van der Waals surface area contributed by atoms with Crippen molar-refractivity contribution in [2.24, 2.45) is 0 Å². The number of carbonyl (C=O) groups excluding carboxylic acids is 1. The minimum atomic E-state index is -1.40. The van der Waals surface area contributed by atoms with Gasteiger partial charge in [-0.05, 0) is 38.9 Å². The monoisotopic (exact) mass is 352 g/mol. The SMILES string of the molecule is COc1cc(/C=C/C(=O)P=C(CC(=O)O)C(=O)O)cc(OC)c1C. The van der Waals surface area contributed by atoms with Gasteiger partial charge in [0.25, 0.3) is 0 Å². The van der Waals surface area contributed by atoms with Crippen molar-refractivity contribution >= 4 is 37.0 Å². The van der Waals surface area contributed by atoms with Crippen molar-refractivity contribution in [3.05, 3.63) is 29.3 Å². The average Bonchev–Trinajstić information content (AvgIpc) is 2.52. The van der Waals surface area contributed by atoms with Crippen LogP contribution in [0.25, 0.3) is 6.08 Å². The van der Waals surface area contributed by atoms with E-state index in [0.29, 0.717) is 17.1 Å². The Hall–Kier alpha value is -2.66. The standard InChI is InChI=1S/C16H17O7P/c1-9-11(22-2)6-10(7-12(9)23-3)4-5-15(19)24-13(16(20)21)8-14(17)18/h4-7H,8H2,1-3H3,(H,17,18)(H,20,21)/b5-4+. The van der Waals surface area contributed by atoms with Crippen molar-refractivity contribution in [3.63, 3.8) is 0 Å². The highest BCUT2D eigenvalue weighted by atomic mass is 31.1. The molecule has 0 aliphatic carbocycles. The molecule has 7 nitrogen and oxygen atoms in total. The molecule has 24 heavy (non-hydrogen) atoms. The molecule has 0 atom stereocenters. The Kier molecular flexibility index (Phi) is 7.14. The van der Waals surface area contributed by atoms with Crippen LogP contribution in [0.4, 0.5) is 0 Å². The maximum Gasteiger partial charge on any atom is 0.336 e. The summed E-state index contributed by atoms with van der Waals surface area (Å²) in [4.78, 5) is 33.4. The molecule has 0 aromatic heterocycles. The minimum absolute atomic E-state index is 0.183. The number of carboxylic acids is 2. The molecule has 0 spiro atoms. The van der Waals surface area contributed by atoms with Gasteiger partial charge in [-0.1, -0.05) is 6.08 Å². The van der Waals surface area contributed by atoms with E-state index in [-0.39, 0.29) is 8.20 Å². The first kappa shape index (κ1) is 19.4. The number of rotatable bonds is 8. The van der Waals surface area contributed by atoms with E-state index in [2.05, 4.69) is 0 Å². The second-order valence-electron chi connectivity index (χ2n) is 4.66. The number of hydrogen-bond donors (Lipinski definition) is 2. The molecule has 1 aromatic rings. The fourth-order valence-corrected chi connectivity index (χ4v) is 2.57. The molecule has 0 radical (unpaired) electrons. The van der Waals surface area contributed by atoms with E-state index >= 15 is 0 Å². The fourth-order valence-electron chi connectivity index (χ4n) is 1.85. The second kappa shape index (κ2) is 8.84. The molecular formula is C16H17O7P. The topological polar surface area (TPSA) is 110 Å². The Morgan fingerprint density at radius 2 is 1.67 bits per heavy atom. The lowest BCUT2D eigenvalue weighted by molar-refractivity contribution is -0.137. The summed E-state index contributed by atoms with van der Waals surface area (Å²) in [6.07, 6.45) is 1.98. The van der Waals surface area contributed by atoms with Crippen molar-refractivity contribution in [3.8, 4) is 11.5 Å². The van der Waals surface area contributed by atoms with Crippen LogP contribution in [0, 0.1) is 6.92 Å². The van der Waals surface area contributed by atoms with E-state index < -0.39 is 29.2 Å². The summed E-state index contributed by atoms with van der Waals surface area (Å²) in [7, 11) is 2.84. The molecule has 128 valence electrons. The molecule has 2 N–H and O–H groups in total. The lowest BCUT2D eigenvalue weighted by atomic mass is 10.1. The highest BCUT2D eigenvalue weighted by Crippen LogP contribution is 2.30. The first-order valence-electron chi connectivity index (χ1n) is 6.75. The first-order chi connectivity index (χ1) is 11.3. The summed E-state index contributed by atoms with van der Waals surface area (Å²) in [5, 5.41) is 17.2. The normalized spacial score (nSPS) is 11.4. The Morgan fingerprint density at radius 3 is 2.08 bits per heavy atom. The molecule has 0 fully saturated rings. The van der Waals surface area contributed by atoms with Gasteiger partial charge in [0.05, 0.1) is 25.9 Å². The molecule has 0 saturated carbocycles. The number of aliphatic carboxylic acids is 2. The molecule has 0 aliphatic rings. The van der Waals surface area contributed by atoms with Crippen LogP contribution in [0.1, 0.15) is 17.5 Å². The van der Waals surface area contributed by atoms with Crippen LogP contribution in [0.15, 0.2) is 18.2 Å². The summed E-state index contributed by atoms with van der Waals surface area (Å²) >= 11 is 0. The van der Waals surface area contributed by atoms with Crippen molar-refractivity contribution in [1.82, 2.24) is 0 Å². The third-order valence-corrected chi connectivity index (χ3v) is 3.99. The predicted octanol–water partition coefficient (Wildman–Crippen LogP) is 2.23. The molecule has 1 aromatic carbocycles. The smallest absolute Gasteiger partial charge is 0.336 e. The largest absolute Gasteiger partial charge is 0.496 e. The predicted molar refractivity (Wildman–Crippen MR) is 90.1 cm³/mol. The van der Waals surface area contributed by atoms with Gasteiger partial charge < -0.3 is 19.7 Å². The number of methoxy groups -OCH3 is 2. The third-order valence-electron chi connectivity index (χ3n) is 3.00. The molecular weight excluding hydrogens is 335 g/mol. The van der Waals surface area contributed by atoms with Crippen molar-refractivity contribution < 1.29 is 34.1 Å². The molecule has 0 aliphatic heterocycles. The van der Waals surface area contributed by atoms with Crippen LogP contribution in [0.3, 0.4) is 0 Å². The van der Waals surface area contributed by atoms with Crippen LogP contribution >= 0.6 is 8.20 Å². The summed E-state index contributed by atoms with van der Waals surface area (Å²) < 4.78 is 10.5. The maximum absolute atomic E-state index is 11.8. The van der Waals surface area contributed by atoms with Crippen LogP contribution in [0.2, 0.25) is 0 Å². The zero-order valence-electron chi connectivity index (χ0n) is 13.4. The lowest BCUT2D eigenvalue weighted by Crippen LogP contribution is -2.15. The van der Waals surface area contributed by atoms with Crippen molar-refractivity contribution in [2.45, 2.75) is 13.3 Å². The van der Waals surface area contributed by atoms with Gasteiger partial charge in [-0.25, -0.2) is 4.79 Å². The van der Waals surface area contributed by atoms with Crippen LogP contribution in [0.5, 0.6) is 11.5 Å². The van der Waals surface area contributed by atoms with Gasteiger partial charge in [0.15, 0.2) is 0 Å². The van der Waals surface area contributed by atoms with Crippen LogP contribution in [-0.4, -0.2) is 47.2 Å². The lowest BCUT2D eigenvalue weighted by Gasteiger charge is -2.10. The number of allylic oxidation sites excluding steroid dienone is 1. The molecule has 1 rings (SSSR count). The zero-order valence-corrected chi connectivity index (χ0v) is 14.3. The summed E-state index contributed by atoms with van der Waals surface area (Å²) in [6, 6.07) is 3.41. The second-order valence-corrected chi connectivity index (χ2v) is 5.86. The van der Waals surface area contributed by atoms with E-state index in [4.69, 9.17) is 19.7 Å². The molecule has 8 heteroatoms. The van der Waals surface area contributed by atoms with E-state index in [1.54, 1.807) is 12.1 Å². The van der Waals surface area contributed by atoms with Gasteiger partial charge in [-0.15, -0.1) is 0 Å². The Balaban J connectivity index is 3.05. The highest BCUT2D eigenvalue weighted by molar-refractivity contribution is 7.61. The number of ether oxygens (including phenoxy) is 2. The summed E-state index contributed by atoms with van der Waals surface area (Å²) in [5.74, 6) is -1.53. The number of carboxylic acid groups (broad SMARTS) is 2. The fraction of sp³-hybridized carbons (Fsp3) is 0.250. The molecule has 0 bridgehead atoms. The van der Waals surface area contributed by atoms with Crippen LogP contribution in [-0.2, 0) is 14.4 Å². The molecule has 0 saturated heterocycles. The maximum atomic E-state index is 11.8. The third kappa shape index (κ3) is 5.52. The molecule has 0 unspecified atom stereocenters. The molecule has 0 heterocycles. The Labute approximate surface area is 140 Å². The highest BCUT2D eigenvalue weighted by Gasteiger charge is 2.14. The Bertz CT molecular complexity index is 694. The van der Waals surface area contributed by atoms with Gasteiger partial charge in [0, 0.05) is 5.56 Å². The van der Waals surface area contributed by atoms with Gasteiger partial charge >= 0.3 is 11.9 Å². The molecule has 0 amide bonds. The average molecular weight is 352 g/mol. The zero-order chi connectivity index (χ0) is 18.3. The summed E-state index contributed by atoms with van der Waals surface area (Å²) in [6.45, 7) is 1.83. The van der Waals surface area contributed by atoms with E-state index in [0.717, 1.165) is 5.56 Å². The van der Waals surface area contributed by atoms with E-state index in [1.807, 2.05) is 6.92 Å². The summed E-state index contributed by atoms with van der Waals surface area (Å²) in [5.41, 5.74) is 0.907. The van der Waals surface area contributed by atoms with Gasteiger partial charge in [0.2, 0.25) is 5.52 Å². The number of benzene rings is 1. The van der Waals surface area contributed by atoms with Gasteiger partial charge in [-0.2, -0.15) is 0 Å². The van der Waals surface area contributed by atoms with Crippen molar-refractivity contribution in [1.29, 1.82) is 0 Å². The number of hydrogen-bond acceptors (Lipinski definition) is 5. The van der Waals surface area contributed by atoms with Crippen molar-refractivity contribution in [2.75, 3.05) is 14.2 Å². The van der Waals surface area contributed by atoms with Crippen LogP contribution < -0.4 is 9.47 Å². The van der Waals surface area contributed by atoms with Gasteiger partial charge in [0.1, 0.15) is 11.5 Å². The minimum Gasteiger partial charge on any atom is -0.496 e. The Morgan fingerprint density at radius 1 is 1.12 bits per heavy atom. The quantitative estimate of drug-likeness (QED) is 0.545. The van der Waals surface area contributed by atoms with Gasteiger partial charge in [-0.3, -0.25) is 9.59 Å². The van der Waals surface area contributed by atoms with E-state index in [9.17, 15) is 14.4 Å².